The highest BCUT2D eigenvalue weighted by molar-refractivity contribution is 6.13. The summed E-state index contributed by atoms with van der Waals surface area (Å²) in [4.78, 5) is 19.1. The van der Waals surface area contributed by atoms with Crippen LogP contribution < -0.4 is 4.90 Å². The van der Waals surface area contributed by atoms with Gasteiger partial charge in [-0.2, -0.15) is 23.4 Å². The summed E-state index contributed by atoms with van der Waals surface area (Å²) >= 11 is 0. The van der Waals surface area contributed by atoms with Gasteiger partial charge in [0.05, 0.1) is 22.8 Å². The Bertz CT molecular complexity index is 1050. The number of hydrogen-bond acceptors (Lipinski definition) is 4. The molecule has 4 heterocycles. The van der Waals surface area contributed by atoms with Crippen LogP contribution in [0.15, 0.2) is 18.3 Å². The van der Waals surface area contributed by atoms with Crippen molar-refractivity contribution >= 4 is 22.8 Å². The Hall–Kier alpha value is -2.91. The largest absolute Gasteiger partial charge is 0.410 e. The zero-order valence-corrected chi connectivity index (χ0v) is 14.9. The van der Waals surface area contributed by atoms with Crippen LogP contribution in [0.2, 0.25) is 0 Å². The first-order chi connectivity index (χ1) is 12.7. The first kappa shape index (κ1) is 17.5. The van der Waals surface area contributed by atoms with Crippen LogP contribution >= 0.6 is 0 Å². The third kappa shape index (κ3) is 2.66. The van der Waals surface area contributed by atoms with Crippen molar-refractivity contribution in [2.75, 3.05) is 11.4 Å². The molecule has 1 aliphatic rings. The van der Waals surface area contributed by atoms with E-state index in [0.717, 1.165) is 4.68 Å². The Kier molecular flexibility index (Phi) is 3.76. The topological polar surface area (TPSA) is 68.8 Å². The standard InChI is InChI=1S/C17H17F3N6O/c1-9-8-11(14-10(2)23-24(3)15(14)22-9)16(27)25-7-5-12(17(18,19)20)26-13(25)4-6-21-26/h4,6,8,12H,5,7H2,1-3H3/t12-/m1/s1. The summed E-state index contributed by atoms with van der Waals surface area (Å²) < 4.78 is 42.3. The average molecular weight is 378 g/mol. The first-order valence-corrected chi connectivity index (χ1v) is 8.41. The van der Waals surface area contributed by atoms with Crippen molar-refractivity contribution in [3.8, 4) is 0 Å². The van der Waals surface area contributed by atoms with E-state index in [1.807, 2.05) is 0 Å². The van der Waals surface area contributed by atoms with Gasteiger partial charge in [-0.3, -0.25) is 14.4 Å². The zero-order chi connectivity index (χ0) is 19.5. The molecule has 0 unspecified atom stereocenters. The third-order valence-corrected chi connectivity index (χ3v) is 4.80. The molecule has 7 nitrogen and oxygen atoms in total. The number of anilines is 1. The number of carbonyl (C=O) groups excluding carboxylic acids is 1. The lowest BCUT2D eigenvalue weighted by Gasteiger charge is -2.34. The maximum atomic E-state index is 13.3. The van der Waals surface area contributed by atoms with E-state index in [1.165, 1.54) is 17.2 Å². The van der Waals surface area contributed by atoms with Gasteiger partial charge in [0, 0.05) is 25.4 Å². The lowest BCUT2D eigenvalue weighted by atomic mass is 10.1. The maximum Gasteiger partial charge on any atom is 0.410 e. The predicted molar refractivity (Wildman–Crippen MR) is 91.6 cm³/mol. The summed E-state index contributed by atoms with van der Waals surface area (Å²) in [7, 11) is 1.74. The molecule has 0 aliphatic carbocycles. The second-order valence-electron chi connectivity index (χ2n) is 6.66. The Morgan fingerprint density at radius 3 is 2.74 bits per heavy atom. The van der Waals surface area contributed by atoms with Crippen molar-refractivity contribution in [1.29, 1.82) is 0 Å². The molecule has 27 heavy (non-hydrogen) atoms. The van der Waals surface area contributed by atoms with Crippen molar-refractivity contribution in [1.82, 2.24) is 24.5 Å². The minimum atomic E-state index is -4.42. The number of carbonyl (C=O) groups is 1. The maximum absolute atomic E-state index is 13.3. The van der Waals surface area contributed by atoms with Crippen LogP contribution in [0, 0.1) is 13.8 Å². The fourth-order valence-corrected chi connectivity index (χ4v) is 3.64. The van der Waals surface area contributed by atoms with E-state index >= 15 is 0 Å². The molecular formula is C17H17F3N6O. The molecule has 10 heteroatoms. The normalized spacial score (nSPS) is 17.4. The molecule has 3 aromatic heterocycles. The Labute approximate surface area is 152 Å². The van der Waals surface area contributed by atoms with E-state index in [2.05, 4.69) is 15.2 Å². The second kappa shape index (κ2) is 5.80. The van der Waals surface area contributed by atoms with E-state index < -0.39 is 12.2 Å². The molecule has 3 aromatic rings. The molecule has 0 aromatic carbocycles. The molecule has 1 amide bonds. The summed E-state index contributed by atoms with van der Waals surface area (Å²) in [5.41, 5.74) is 2.21. The highest BCUT2D eigenvalue weighted by Crippen LogP contribution is 2.39. The van der Waals surface area contributed by atoms with Gasteiger partial charge in [0.2, 0.25) is 0 Å². The van der Waals surface area contributed by atoms with Crippen LogP contribution in [0.1, 0.15) is 34.2 Å². The number of alkyl halides is 3. The fourth-order valence-electron chi connectivity index (χ4n) is 3.64. The molecule has 0 radical (unpaired) electrons. The summed E-state index contributed by atoms with van der Waals surface area (Å²) in [5, 5.41) is 8.73. The lowest BCUT2D eigenvalue weighted by molar-refractivity contribution is -0.172. The average Bonchev–Trinajstić information content (AvgIpc) is 3.17. The molecule has 4 rings (SSSR count). The molecule has 0 bridgehead atoms. The van der Waals surface area contributed by atoms with Gasteiger partial charge < -0.3 is 0 Å². The Morgan fingerprint density at radius 1 is 1.30 bits per heavy atom. The minimum absolute atomic E-state index is 0.0448. The van der Waals surface area contributed by atoms with Crippen molar-refractivity contribution in [3.63, 3.8) is 0 Å². The van der Waals surface area contributed by atoms with Crippen LogP contribution in [0.5, 0.6) is 0 Å². The molecular weight excluding hydrogens is 361 g/mol. The second-order valence-corrected chi connectivity index (χ2v) is 6.66. The zero-order valence-electron chi connectivity index (χ0n) is 14.9. The molecule has 1 atom stereocenters. The molecule has 0 spiro atoms. The van der Waals surface area contributed by atoms with Crippen molar-refractivity contribution in [2.45, 2.75) is 32.5 Å². The third-order valence-electron chi connectivity index (χ3n) is 4.80. The van der Waals surface area contributed by atoms with Crippen molar-refractivity contribution in [2.24, 2.45) is 7.05 Å². The molecule has 0 saturated carbocycles. The molecule has 0 saturated heterocycles. The first-order valence-electron chi connectivity index (χ1n) is 8.41. The highest BCUT2D eigenvalue weighted by atomic mass is 19.4. The minimum Gasteiger partial charge on any atom is -0.293 e. The molecule has 1 aliphatic heterocycles. The fraction of sp³-hybridized carbons (Fsp3) is 0.412. The van der Waals surface area contributed by atoms with Crippen LogP contribution in [0.3, 0.4) is 0 Å². The highest BCUT2D eigenvalue weighted by Gasteiger charge is 2.46. The number of fused-ring (bicyclic) bond motifs is 2. The number of amides is 1. The molecule has 0 fully saturated rings. The Balaban J connectivity index is 1.82. The Morgan fingerprint density at radius 2 is 2.04 bits per heavy atom. The van der Waals surface area contributed by atoms with Crippen LogP contribution in [0.25, 0.3) is 11.0 Å². The summed E-state index contributed by atoms with van der Waals surface area (Å²) in [5.74, 6) is -0.248. The van der Waals surface area contributed by atoms with E-state index in [4.69, 9.17) is 0 Å². The van der Waals surface area contributed by atoms with Gasteiger partial charge in [-0.25, -0.2) is 9.67 Å². The quantitative estimate of drug-likeness (QED) is 0.653. The molecule has 0 N–H and O–H groups in total. The van der Waals surface area contributed by atoms with Gasteiger partial charge in [-0.15, -0.1) is 0 Å². The van der Waals surface area contributed by atoms with Gasteiger partial charge in [0.15, 0.2) is 11.7 Å². The SMILES string of the molecule is Cc1cc(C(=O)N2CC[C@H](C(F)(F)F)n3nccc32)c2c(C)nn(C)c2n1. The van der Waals surface area contributed by atoms with E-state index in [1.54, 1.807) is 31.6 Å². The van der Waals surface area contributed by atoms with Crippen molar-refractivity contribution in [3.05, 3.63) is 35.3 Å². The van der Waals surface area contributed by atoms with Gasteiger partial charge in [0.1, 0.15) is 5.82 Å². The van der Waals surface area contributed by atoms with E-state index in [9.17, 15) is 18.0 Å². The van der Waals surface area contributed by atoms with Gasteiger partial charge in [-0.05, 0) is 26.3 Å². The van der Waals surface area contributed by atoms with Gasteiger partial charge >= 0.3 is 6.18 Å². The van der Waals surface area contributed by atoms with E-state index in [0.29, 0.717) is 28.0 Å². The van der Waals surface area contributed by atoms with Gasteiger partial charge in [0.25, 0.3) is 5.91 Å². The number of aryl methyl sites for hydroxylation is 3. The number of nitrogens with zero attached hydrogens (tertiary/aromatic N) is 6. The number of rotatable bonds is 1. The summed E-state index contributed by atoms with van der Waals surface area (Å²) in [6.07, 6.45) is -3.39. The van der Waals surface area contributed by atoms with Crippen LogP contribution in [0.4, 0.5) is 19.0 Å². The molecule has 142 valence electrons. The number of pyridine rings is 1. The summed E-state index contributed by atoms with van der Waals surface area (Å²) in [6, 6.07) is 1.35. The van der Waals surface area contributed by atoms with Gasteiger partial charge in [-0.1, -0.05) is 0 Å². The smallest absolute Gasteiger partial charge is 0.293 e. The predicted octanol–water partition coefficient (Wildman–Crippen LogP) is 2.94. The number of aromatic nitrogens is 5. The van der Waals surface area contributed by atoms with Crippen molar-refractivity contribution < 1.29 is 18.0 Å². The lowest BCUT2D eigenvalue weighted by Crippen LogP contribution is -2.43. The number of hydrogen-bond donors (Lipinski definition) is 0. The van der Waals surface area contributed by atoms with Crippen LogP contribution in [-0.2, 0) is 7.05 Å². The number of halogens is 3. The van der Waals surface area contributed by atoms with Crippen LogP contribution in [-0.4, -0.2) is 43.2 Å². The summed E-state index contributed by atoms with van der Waals surface area (Å²) in [6.45, 7) is 3.49. The van der Waals surface area contributed by atoms with E-state index in [-0.39, 0.29) is 24.7 Å². The monoisotopic (exact) mass is 378 g/mol.